The number of rotatable bonds is 3. The van der Waals surface area contributed by atoms with Gasteiger partial charge in [0, 0.05) is 13.1 Å². The minimum Gasteiger partial charge on any atom is -0.256 e. The zero-order valence-corrected chi connectivity index (χ0v) is 8.08. The van der Waals surface area contributed by atoms with Crippen molar-refractivity contribution in [3.05, 3.63) is 12.3 Å². The maximum atomic E-state index is 11.6. The van der Waals surface area contributed by atoms with Crippen molar-refractivity contribution in [1.29, 1.82) is 0 Å². The van der Waals surface area contributed by atoms with Crippen molar-refractivity contribution in [2.24, 2.45) is 7.05 Å². The molecule has 0 aromatic carbocycles. The topological polar surface area (TPSA) is 64.0 Å². The van der Waals surface area contributed by atoms with Gasteiger partial charge in [-0.3, -0.25) is 4.68 Å². The number of aryl methyl sites for hydroxylation is 1. The molecule has 0 amide bonds. The van der Waals surface area contributed by atoms with Gasteiger partial charge in [0.1, 0.15) is 0 Å². The van der Waals surface area contributed by atoms with Crippen LogP contribution in [-0.2, 0) is 17.1 Å². The minimum absolute atomic E-state index is 0.139. The SMILES string of the molecule is Cn1nccc1S(=O)(=O)NC1CC1. The lowest BCUT2D eigenvalue weighted by Crippen LogP contribution is -2.27. The van der Waals surface area contributed by atoms with Gasteiger partial charge in [-0.15, -0.1) is 0 Å². The smallest absolute Gasteiger partial charge is 0.256 e. The zero-order valence-electron chi connectivity index (χ0n) is 7.27. The van der Waals surface area contributed by atoms with Crippen molar-refractivity contribution >= 4 is 10.0 Å². The van der Waals surface area contributed by atoms with Crippen LogP contribution in [0.3, 0.4) is 0 Å². The van der Waals surface area contributed by atoms with E-state index in [1.165, 1.54) is 16.9 Å². The third-order valence-corrected chi connectivity index (χ3v) is 3.55. The van der Waals surface area contributed by atoms with Gasteiger partial charge in [-0.05, 0) is 18.9 Å². The van der Waals surface area contributed by atoms with Crippen LogP contribution in [0, 0.1) is 0 Å². The fraction of sp³-hybridized carbons (Fsp3) is 0.571. The van der Waals surface area contributed by atoms with Gasteiger partial charge in [-0.25, -0.2) is 13.1 Å². The first kappa shape index (κ1) is 8.71. The molecule has 1 fully saturated rings. The first-order chi connectivity index (χ1) is 6.09. The van der Waals surface area contributed by atoms with Crippen molar-refractivity contribution in [1.82, 2.24) is 14.5 Å². The summed E-state index contributed by atoms with van der Waals surface area (Å²) in [5, 5.41) is 4.03. The fourth-order valence-corrected chi connectivity index (χ4v) is 2.54. The largest absolute Gasteiger partial charge is 0.257 e. The molecule has 2 rings (SSSR count). The number of nitrogens with one attached hydrogen (secondary N) is 1. The van der Waals surface area contributed by atoms with Crippen molar-refractivity contribution in [2.75, 3.05) is 0 Å². The van der Waals surface area contributed by atoms with Crippen LogP contribution in [0.15, 0.2) is 17.3 Å². The zero-order chi connectivity index (χ0) is 9.47. The van der Waals surface area contributed by atoms with E-state index in [0.29, 0.717) is 0 Å². The van der Waals surface area contributed by atoms with Crippen LogP contribution in [0.5, 0.6) is 0 Å². The van der Waals surface area contributed by atoms with Crippen LogP contribution in [-0.4, -0.2) is 24.2 Å². The number of sulfonamides is 1. The van der Waals surface area contributed by atoms with Crippen LogP contribution < -0.4 is 4.72 Å². The van der Waals surface area contributed by atoms with Crippen LogP contribution in [0.25, 0.3) is 0 Å². The van der Waals surface area contributed by atoms with E-state index in [1.807, 2.05) is 0 Å². The summed E-state index contributed by atoms with van der Waals surface area (Å²) in [5.41, 5.74) is 0. The van der Waals surface area contributed by atoms with Gasteiger partial charge in [-0.2, -0.15) is 5.10 Å². The number of aromatic nitrogens is 2. The lowest BCUT2D eigenvalue weighted by molar-refractivity contribution is 0.562. The maximum Gasteiger partial charge on any atom is 0.257 e. The van der Waals surface area contributed by atoms with E-state index in [1.54, 1.807) is 7.05 Å². The maximum absolute atomic E-state index is 11.6. The highest BCUT2D eigenvalue weighted by Gasteiger charge is 2.29. The van der Waals surface area contributed by atoms with Gasteiger partial charge in [0.15, 0.2) is 5.03 Å². The predicted molar refractivity (Wildman–Crippen MR) is 46.6 cm³/mol. The summed E-state index contributed by atoms with van der Waals surface area (Å²) >= 11 is 0. The normalized spacial score (nSPS) is 17.6. The molecular weight excluding hydrogens is 190 g/mol. The van der Waals surface area contributed by atoms with E-state index in [-0.39, 0.29) is 11.1 Å². The van der Waals surface area contributed by atoms with E-state index >= 15 is 0 Å². The molecule has 6 heteroatoms. The Morgan fingerprint density at radius 2 is 2.31 bits per heavy atom. The molecule has 1 aromatic heterocycles. The number of nitrogens with zero attached hydrogens (tertiary/aromatic N) is 2. The average Bonchev–Trinajstić information content (AvgIpc) is 2.69. The molecule has 1 aliphatic carbocycles. The standard InChI is InChI=1S/C7H11N3O2S/c1-10-7(4-5-8-10)13(11,12)9-6-2-3-6/h4-6,9H,2-3H2,1H3. The molecule has 0 bridgehead atoms. The molecule has 0 spiro atoms. The van der Waals surface area contributed by atoms with E-state index in [9.17, 15) is 8.42 Å². The van der Waals surface area contributed by atoms with Crippen molar-refractivity contribution in [3.63, 3.8) is 0 Å². The van der Waals surface area contributed by atoms with Crippen molar-refractivity contribution < 1.29 is 8.42 Å². The van der Waals surface area contributed by atoms with E-state index in [0.717, 1.165) is 12.8 Å². The number of hydrogen-bond donors (Lipinski definition) is 1. The quantitative estimate of drug-likeness (QED) is 0.740. The van der Waals surface area contributed by atoms with E-state index < -0.39 is 10.0 Å². The molecule has 1 saturated carbocycles. The summed E-state index contributed by atoms with van der Waals surface area (Å²) in [4.78, 5) is 0. The molecule has 1 aliphatic rings. The Morgan fingerprint density at radius 1 is 1.62 bits per heavy atom. The molecule has 0 radical (unpaired) electrons. The molecule has 1 heterocycles. The summed E-state index contributed by atoms with van der Waals surface area (Å²) in [6.45, 7) is 0. The lowest BCUT2D eigenvalue weighted by Gasteiger charge is -2.04. The molecule has 5 nitrogen and oxygen atoms in total. The van der Waals surface area contributed by atoms with E-state index in [2.05, 4.69) is 9.82 Å². The lowest BCUT2D eigenvalue weighted by atomic mass is 10.7. The first-order valence-corrected chi connectivity index (χ1v) is 5.58. The molecule has 1 N–H and O–H groups in total. The Kier molecular flexibility index (Phi) is 1.88. The van der Waals surface area contributed by atoms with Crippen molar-refractivity contribution in [3.8, 4) is 0 Å². The van der Waals surface area contributed by atoms with E-state index in [4.69, 9.17) is 0 Å². The molecule has 1 aromatic rings. The summed E-state index contributed by atoms with van der Waals surface area (Å²) < 4.78 is 27.1. The molecule has 13 heavy (non-hydrogen) atoms. The molecule has 72 valence electrons. The molecule has 0 unspecified atom stereocenters. The summed E-state index contributed by atoms with van der Waals surface area (Å²) in [6.07, 6.45) is 3.36. The molecule has 0 atom stereocenters. The summed E-state index contributed by atoms with van der Waals surface area (Å²) in [7, 11) is -1.72. The van der Waals surface area contributed by atoms with Gasteiger partial charge in [-0.1, -0.05) is 0 Å². The fourth-order valence-electron chi connectivity index (χ4n) is 1.11. The number of hydrogen-bond acceptors (Lipinski definition) is 3. The minimum atomic E-state index is -3.33. The van der Waals surface area contributed by atoms with Crippen LogP contribution in [0.1, 0.15) is 12.8 Å². The Labute approximate surface area is 76.8 Å². The van der Waals surface area contributed by atoms with Gasteiger partial charge in [0.2, 0.25) is 0 Å². The Bertz CT molecular complexity index is 405. The second-order valence-electron chi connectivity index (χ2n) is 3.19. The van der Waals surface area contributed by atoms with Crippen LogP contribution >= 0.6 is 0 Å². The molecule has 0 saturated heterocycles. The molecular formula is C7H11N3O2S. The van der Waals surface area contributed by atoms with Crippen molar-refractivity contribution in [2.45, 2.75) is 23.9 Å². The third-order valence-electron chi connectivity index (χ3n) is 1.95. The predicted octanol–water partition coefficient (Wildman–Crippen LogP) is -0.139. The Balaban J connectivity index is 2.28. The third kappa shape index (κ3) is 1.73. The highest BCUT2D eigenvalue weighted by Crippen LogP contribution is 2.21. The van der Waals surface area contributed by atoms with Crippen LogP contribution in [0.4, 0.5) is 0 Å². The highest BCUT2D eigenvalue weighted by molar-refractivity contribution is 7.89. The molecule has 0 aliphatic heterocycles. The van der Waals surface area contributed by atoms with Gasteiger partial charge in [0.25, 0.3) is 10.0 Å². The summed E-state index contributed by atoms with van der Waals surface area (Å²) in [5.74, 6) is 0. The Hall–Kier alpha value is -0.880. The van der Waals surface area contributed by atoms with Crippen LogP contribution in [0.2, 0.25) is 0 Å². The second-order valence-corrected chi connectivity index (χ2v) is 4.85. The first-order valence-electron chi connectivity index (χ1n) is 4.10. The average molecular weight is 201 g/mol. The Morgan fingerprint density at radius 3 is 2.77 bits per heavy atom. The van der Waals surface area contributed by atoms with Gasteiger partial charge >= 0.3 is 0 Å². The second kappa shape index (κ2) is 2.81. The monoisotopic (exact) mass is 201 g/mol. The van der Waals surface area contributed by atoms with Gasteiger partial charge < -0.3 is 0 Å². The highest BCUT2D eigenvalue weighted by atomic mass is 32.2. The van der Waals surface area contributed by atoms with Gasteiger partial charge in [0.05, 0.1) is 6.20 Å². The summed E-state index contributed by atoms with van der Waals surface area (Å²) in [6, 6.07) is 1.63.